The zero-order valence-electron chi connectivity index (χ0n) is 22.9. The molecule has 3 heterocycles. The number of carbonyl (C=O) groups is 4. The molecule has 1 atom stereocenters. The number of nitrogens with zero attached hydrogens (tertiary/aromatic N) is 2. The molecule has 0 spiro atoms. The van der Waals surface area contributed by atoms with Crippen LogP contribution in [0.25, 0.3) is 0 Å². The Morgan fingerprint density at radius 2 is 1.70 bits per heavy atom. The molecular formula is C29H39N5O6. The molecule has 11 nitrogen and oxygen atoms in total. The summed E-state index contributed by atoms with van der Waals surface area (Å²) in [6.07, 6.45) is 7.91. The number of likely N-dealkylation sites (tertiary alicyclic amines) is 1. The third-order valence-electron chi connectivity index (χ3n) is 8.03. The van der Waals surface area contributed by atoms with E-state index in [1.165, 1.54) is 24.8 Å². The van der Waals surface area contributed by atoms with Crippen LogP contribution in [-0.4, -0.2) is 98.1 Å². The monoisotopic (exact) mass is 553 g/mol. The molecule has 1 aromatic carbocycles. The predicted octanol–water partition coefficient (Wildman–Crippen LogP) is 1.65. The number of nitrogens with one attached hydrogen (secondary N) is 3. The third kappa shape index (κ3) is 6.71. The summed E-state index contributed by atoms with van der Waals surface area (Å²) >= 11 is 0. The van der Waals surface area contributed by atoms with E-state index >= 15 is 0 Å². The van der Waals surface area contributed by atoms with Gasteiger partial charge in [-0.1, -0.05) is 11.6 Å². The van der Waals surface area contributed by atoms with Crippen molar-refractivity contribution in [2.24, 2.45) is 0 Å². The lowest BCUT2D eigenvalue weighted by Crippen LogP contribution is -2.54. The molecule has 5 rings (SSSR count). The maximum Gasteiger partial charge on any atom is 0.264 e. The summed E-state index contributed by atoms with van der Waals surface area (Å²) in [5.74, 6) is -1.97. The van der Waals surface area contributed by atoms with Crippen molar-refractivity contribution in [1.82, 2.24) is 20.4 Å². The Bertz CT molecular complexity index is 1140. The molecule has 1 unspecified atom stereocenters. The van der Waals surface area contributed by atoms with Crippen molar-refractivity contribution in [1.29, 1.82) is 0 Å². The van der Waals surface area contributed by atoms with Crippen LogP contribution in [0.4, 0.5) is 5.69 Å². The van der Waals surface area contributed by atoms with Crippen LogP contribution in [0.1, 0.15) is 65.7 Å². The number of fused-ring (bicyclic) bond motifs is 1. The van der Waals surface area contributed by atoms with E-state index in [4.69, 9.17) is 9.47 Å². The highest BCUT2D eigenvalue weighted by Crippen LogP contribution is 2.33. The molecule has 40 heavy (non-hydrogen) atoms. The number of hydrogen-bond acceptors (Lipinski definition) is 9. The minimum absolute atomic E-state index is 0.0999. The maximum absolute atomic E-state index is 13.3. The Balaban J connectivity index is 1.01. The van der Waals surface area contributed by atoms with Crippen LogP contribution in [0.3, 0.4) is 0 Å². The van der Waals surface area contributed by atoms with Crippen LogP contribution in [0, 0.1) is 0 Å². The number of rotatable bonds is 13. The zero-order chi connectivity index (χ0) is 27.9. The van der Waals surface area contributed by atoms with Crippen LogP contribution in [0.5, 0.6) is 0 Å². The van der Waals surface area contributed by atoms with Gasteiger partial charge in [-0.3, -0.25) is 29.4 Å². The van der Waals surface area contributed by atoms with Crippen molar-refractivity contribution in [2.75, 3.05) is 57.9 Å². The largest absolute Gasteiger partial charge is 0.389 e. The van der Waals surface area contributed by atoms with Crippen LogP contribution < -0.4 is 16.0 Å². The van der Waals surface area contributed by atoms with Crippen LogP contribution >= 0.6 is 0 Å². The van der Waals surface area contributed by atoms with Crippen molar-refractivity contribution >= 4 is 29.3 Å². The molecule has 3 N–H and O–H groups in total. The van der Waals surface area contributed by atoms with Crippen LogP contribution in [0.2, 0.25) is 0 Å². The number of anilines is 1. The molecule has 2 saturated heterocycles. The summed E-state index contributed by atoms with van der Waals surface area (Å²) in [6, 6.07) is 4.37. The van der Waals surface area contributed by atoms with Gasteiger partial charge >= 0.3 is 0 Å². The highest BCUT2D eigenvalue weighted by Gasteiger charge is 2.45. The summed E-state index contributed by atoms with van der Waals surface area (Å²) in [4.78, 5) is 53.6. The number of ether oxygens (including phenoxy) is 2. The van der Waals surface area contributed by atoms with Gasteiger partial charge in [-0.2, -0.15) is 0 Å². The smallest absolute Gasteiger partial charge is 0.264 e. The number of imide groups is 2. The quantitative estimate of drug-likeness (QED) is 0.247. The normalized spacial score (nSPS) is 21.8. The summed E-state index contributed by atoms with van der Waals surface area (Å²) in [7, 11) is 0. The molecule has 3 aliphatic heterocycles. The van der Waals surface area contributed by atoms with Crippen LogP contribution in [0.15, 0.2) is 30.0 Å². The van der Waals surface area contributed by atoms with Crippen LogP contribution in [-0.2, 0) is 19.1 Å². The van der Waals surface area contributed by atoms with Gasteiger partial charge in [-0.15, -0.1) is 0 Å². The van der Waals surface area contributed by atoms with E-state index in [0.717, 1.165) is 43.9 Å². The number of hydrogen-bond donors (Lipinski definition) is 3. The van der Waals surface area contributed by atoms with Gasteiger partial charge in [0.25, 0.3) is 11.8 Å². The fourth-order valence-electron chi connectivity index (χ4n) is 5.54. The fraction of sp³-hybridized carbons (Fsp3) is 0.586. The Morgan fingerprint density at radius 3 is 2.42 bits per heavy atom. The minimum Gasteiger partial charge on any atom is -0.389 e. The number of amides is 4. The predicted molar refractivity (Wildman–Crippen MR) is 148 cm³/mol. The van der Waals surface area contributed by atoms with Gasteiger partial charge in [-0.05, 0) is 56.9 Å². The van der Waals surface area contributed by atoms with E-state index in [2.05, 4.69) is 27.1 Å². The van der Waals surface area contributed by atoms with Gasteiger partial charge in [0.2, 0.25) is 11.8 Å². The molecule has 4 aliphatic rings. The average molecular weight is 554 g/mol. The average Bonchev–Trinajstić information content (AvgIpc) is 3.17. The van der Waals surface area contributed by atoms with E-state index < -0.39 is 23.8 Å². The zero-order valence-corrected chi connectivity index (χ0v) is 22.9. The van der Waals surface area contributed by atoms with E-state index in [0.29, 0.717) is 43.2 Å². The van der Waals surface area contributed by atoms with Gasteiger partial charge in [0.1, 0.15) is 6.04 Å². The highest BCUT2D eigenvalue weighted by molar-refractivity contribution is 6.25. The lowest BCUT2D eigenvalue weighted by molar-refractivity contribution is -0.136. The first kappa shape index (κ1) is 28.3. The van der Waals surface area contributed by atoms with E-state index in [1.54, 1.807) is 12.1 Å². The van der Waals surface area contributed by atoms with Gasteiger partial charge < -0.3 is 25.0 Å². The molecule has 0 radical (unpaired) electrons. The second-order valence-electron chi connectivity index (χ2n) is 10.8. The van der Waals surface area contributed by atoms with Gasteiger partial charge in [0.05, 0.1) is 37.6 Å². The van der Waals surface area contributed by atoms with Crippen molar-refractivity contribution in [3.8, 4) is 0 Å². The summed E-state index contributed by atoms with van der Waals surface area (Å²) in [5.41, 5.74) is 2.71. The second-order valence-corrected chi connectivity index (χ2v) is 10.8. The molecule has 1 aliphatic carbocycles. The standard InChI is InChI=1S/C29H39N5O6/c35-25-8-7-24(27(36)32-25)34-28(37)22-5-2-6-23(26(22)29(34)38)31-21-9-12-33(13-10-21)14-16-40-18-17-39-15-11-30-19-20-3-1-4-20/h2,5-6,19,21,24,30-31H,1,3-4,7-18H2,(H,32,35,36). The third-order valence-corrected chi connectivity index (χ3v) is 8.03. The first-order valence-corrected chi connectivity index (χ1v) is 14.4. The number of allylic oxidation sites excluding steroid dienone is 1. The van der Waals surface area contributed by atoms with Crippen molar-refractivity contribution in [3.05, 3.63) is 41.1 Å². The maximum atomic E-state index is 13.3. The molecular weight excluding hydrogens is 514 g/mol. The van der Waals surface area contributed by atoms with Crippen molar-refractivity contribution in [3.63, 3.8) is 0 Å². The molecule has 11 heteroatoms. The second kappa shape index (κ2) is 13.4. The van der Waals surface area contributed by atoms with Gasteiger partial charge in [-0.25, -0.2) is 0 Å². The number of benzene rings is 1. The van der Waals surface area contributed by atoms with Gasteiger partial charge in [0.15, 0.2) is 0 Å². The lowest BCUT2D eigenvalue weighted by Gasteiger charge is -2.33. The fourth-order valence-corrected chi connectivity index (χ4v) is 5.54. The molecule has 1 saturated carbocycles. The molecule has 1 aromatic rings. The molecule has 4 amide bonds. The summed E-state index contributed by atoms with van der Waals surface area (Å²) < 4.78 is 11.3. The van der Waals surface area contributed by atoms with E-state index in [9.17, 15) is 19.2 Å². The Hall–Kier alpha value is -3.28. The molecule has 0 aromatic heterocycles. The Morgan fingerprint density at radius 1 is 0.925 bits per heavy atom. The summed E-state index contributed by atoms with van der Waals surface area (Å²) in [5, 5.41) is 9.00. The SMILES string of the molecule is O=C1CCC(N2C(=O)c3cccc(NC4CCN(CCOCCOCCNC=C5CCC5)CC4)c3C2=O)C(=O)N1. The van der Waals surface area contributed by atoms with Gasteiger partial charge in [0, 0.05) is 44.3 Å². The number of piperidine rings is 2. The first-order chi connectivity index (χ1) is 19.5. The minimum atomic E-state index is -0.966. The van der Waals surface area contributed by atoms with Crippen molar-refractivity contribution < 1.29 is 28.7 Å². The highest BCUT2D eigenvalue weighted by atomic mass is 16.5. The van der Waals surface area contributed by atoms with E-state index in [1.807, 2.05) is 6.07 Å². The lowest BCUT2D eigenvalue weighted by atomic mass is 9.94. The number of carbonyl (C=O) groups excluding carboxylic acids is 4. The summed E-state index contributed by atoms with van der Waals surface area (Å²) in [6.45, 7) is 6.00. The topological polar surface area (TPSA) is 129 Å². The van der Waals surface area contributed by atoms with E-state index in [-0.39, 0.29) is 24.8 Å². The Kier molecular flexibility index (Phi) is 9.45. The van der Waals surface area contributed by atoms with Crippen molar-refractivity contribution in [2.45, 2.75) is 57.0 Å². The molecule has 0 bridgehead atoms. The molecule has 3 fully saturated rings. The molecule has 216 valence electrons. The Labute approximate surface area is 234 Å². The first-order valence-electron chi connectivity index (χ1n) is 14.4.